The molecule has 0 fully saturated rings. The van der Waals surface area contributed by atoms with Gasteiger partial charge in [-0.15, -0.1) is 0 Å². The molecule has 18 heavy (non-hydrogen) atoms. The van der Waals surface area contributed by atoms with Gasteiger partial charge in [0.2, 0.25) is 0 Å². The number of rotatable bonds is 1. The van der Waals surface area contributed by atoms with Gasteiger partial charge in [0.1, 0.15) is 11.3 Å². The Hall–Kier alpha value is -1.51. The molecule has 1 aromatic rings. The van der Waals surface area contributed by atoms with Gasteiger partial charge in [-0.25, -0.2) is 4.79 Å². The summed E-state index contributed by atoms with van der Waals surface area (Å²) in [5.41, 5.74) is 4.51. The van der Waals surface area contributed by atoms with Crippen LogP contribution in [0.5, 0.6) is 5.75 Å². The second-order valence-corrected chi connectivity index (χ2v) is 5.36. The van der Waals surface area contributed by atoms with E-state index in [0.29, 0.717) is 0 Å². The van der Waals surface area contributed by atoms with Crippen molar-refractivity contribution in [2.75, 3.05) is 0 Å². The Morgan fingerprint density at radius 1 is 0.778 bits per heavy atom. The number of aromatic carboxylic acids is 1. The predicted molar refractivity (Wildman–Crippen MR) is 68.4 cm³/mol. The standard InChI is InChI=1S/C15H18O3/c16-14-12-8-4-2-6-10(12)9-5-1-3-7-11(9)13(14)15(17)18/h16H,1-8H2,(H,17,18). The van der Waals surface area contributed by atoms with Crippen molar-refractivity contribution in [3.05, 3.63) is 27.8 Å². The molecule has 0 amide bonds. The molecule has 1 aromatic carbocycles. The lowest BCUT2D eigenvalue weighted by molar-refractivity contribution is 0.0691. The molecule has 2 aliphatic rings. The van der Waals surface area contributed by atoms with Crippen LogP contribution in [0, 0.1) is 0 Å². The molecule has 0 spiro atoms. The zero-order chi connectivity index (χ0) is 12.7. The van der Waals surface area contributed by atoms with Gasteiger partial charge in [-0.2, -0.15) is 0 Å². The van der Waals surface area contributed by atoms with Crippen LogP contribution in [0.1, 0.15) is 58.3 Å². The average molecular weight is 246 g/mol. The van der Waals surface area contributed by atoms with Crippen LogP contribution in [0.2, 0.25) is 0 Å². The van der Waals surface area contributed by atoms with E-state index >= 15 is 0 Å². The molecule has 2 N–H and O–H groups in total. The van der Waals surface area contributed by atoms with Crippen molar-refractivity contribution in [2.45, 2.75) is 51.4 Å². The molecule has 0 saturated carbocycles. The van der Waals surface area contributed by atoms with Crippen molar-refractivity contribution >= 4 is 5.97 Å². The molecule has 96 valence electrons. The first-order valence-corrected chi connectivity index (χ1v) is 6.82. The highest BCUT2D eigenvalue weighted by Crippen LogP contribution is 2.40. The van der Waals surface area contributed by atoms with Crippen molar-refractivity contribution in [3.8, 4) is 5.75 Å². The van der Waals surface area contributed by atoms with Gasteiger partial charge in [0.05, 0.1) is 0 Å². The third-order valence-electron chi connectivity index (χ3n) is 4.34. The third-order valence-corrected chi connectivity index (χ3v) is 4.34. The van der Waals surface area contributed by atoms with Crippen molar-refractivity contribution in [1.29, 1.82) is 0 Å². The zero-order valence-corrected chi connectivity index (χ0v) is 10.5. The van der Waals surface area contributed by atoms with E-state index in [2.05, 4.69) is 0 Å². The fourth-order valence-corrected chi connectivity index (χ4v) is 3.54. The fraction of sp³-hybridized carbons (Fsp3) is 0.533. The molecule has 3 rings (SSSR count). The van der Waals surface area contributed by atoms with Crippen LogP contribution < -0.4 is 0 Å². The quantitative estimate of drug-likeness (QED) is 0.801. The van der Waals surface area contributed by atoms with E-state index in [9.17, 15) is 15.0 Å². The summed E-state index contributed by atoms with van der Waals surface area (Å²) in [4.78, 5) is 11.4. The molecular formula is C15H18O3. The van der Waals surface area contributed by atoms with Crippen LogP contribution >= 0.6 is 0 Å². The van der Waals surface area contributed by atoms with Gasteiger partial charge >= 0.3 is 5.97 Å². The molecule has 0 atom stereocenters. The summed E-state index contributed by atoms with van der Waals surface area (Å²) in [7, 11) is 0. The number of carboxylic acid groups (broad SMARTS) is 1. The highest BCUT2D eigenvalue weighted by atomic mass is 16.4. The minimum Gasteiger partial charge on any atom is -0.507 e. The SMILES string of the molecule is O=C(O)c1c(O)c2c(c3c1CCCC3)CCCC2. The summed E-state index contributed by atoms with van der Waals surface area (Å²) in [6, 6.07) is 0. The number of carboxylic acids is 1. The second kappa shape index (κ2) is 4.30. The van der Waals surface area contributed by atoms with Crippen LogP contribution in [0.15, 0.2) is 0 Å². The Labute approximate surface area is 106 Å². The van der Waals surface area contributed by atoms with Gasteiger partial charge < -0.3 is 10.2 Å². The molecule has 0 aromatic heterocycles. The number of hydrogen-bond acceptors (Lipinski definition) is 2. The van der Waals surface area contributed by atoms with Gasteiger partial charge in [0.25, 0.3) is 0 Å². The van der Waals surface area contributed by atoms with Crippen LogP contribution in [-0.2, 0) is 25.7 Å². The highest BCUT2D eigenvalue weighted by Gasteiger charge is 2.29. The molecule has 3 heteroatoms. The topological polar surface area (TPSA) is 57.5 Å². The molecule has 0 aliphatic heterocycles. The maximum absolute atomic E-state index is 11.4. The first kappa shape index (κ1) is 11.6. The summed E-state index contributed by atoms with van der Waals surface area (Å²) in [6.07, 6.45) is 8.01. The van der Waals surface area contributed by atoms with E-state index in [0.717, 1.165) is 62.5 Å². The maximum atomic E-state index is 11.4. The van der Waals surface area contributed by atoms with E-state index in [-0.39, 0.29) is 11.3 Å². The highest BCUT2D eigenvalue weighted by molar-refractivity contribution is 5.94. The third kappa shape index (κ3) is 1.61. The molecule has 3 nitrogen and oxygen atoms in total. The van der Waals surface area contributed by atoms with Gasteiger partial charge in [-0.3, -0.25) is 0 Å². The van der Waals surface area contributed by atoms with E-state index in [1.54, 1.807) is 0 Å². The Bertz CT molecular complexity index is 517. The molecule has 0 radical (unpaired) electrons. The zero-order valence-electron chi connectivity index (χ0n) is 10.5. The lowest BCUT2D eigenvalue weighted by atomic mass is 9.77. The number of benzene rings is 1. The van der Waals surface area contributed by atoms with Crippen LogP contribution in [0.25, 0.3) is 0 Å². The van der Waals surface area contributed by atoms with E-state index in [1.165, 1.54) is 11.1 Å². The molecule has 0 saturated heterocycles. The summed E-state index contributed by atoms with van der Waals surface area (Å²) < 4.78 is 0. The minimum absolute atomic E-state index is 0.0536. The Morgan fingerprint density at radius 2 is 1.22 bits per heavy atom. The van der Waals surface area contributed by atoms with Crippen LogP contribution in [0.4, 0.5) is 0 Å². The number of aromatic hydroxyl groups is 1. The molecule has 2 aliphatic carbocycles. The first-order chi connectivity index (χ1) is 8.70. The second-order valence-electron chi connectivity index (χ2n) is 5.36. The van der Waals surface area contributed by atoms with Crippen molar-refractivity contribution in [1.82, 2.24) is 0 Å². The van der Waals surface area contributed by atoms with E-state index < -0.39 is 5.97 Å². The first-order valence-electron chi connectivity index (χ1n) is 6.82. The fourth-order valence-electron chi connectivity index (χ4n) is 3.54. The molecule has 0 bridgehead atoms. The van der Waals surface area contributed by atoms with Crippen molar-refractivity contribution < 1.29 is 15.0 Å². The normalized spacial score (nSPS) is 18.0. The predicted octanol–water partition coefficient (Wildman–Crippen LogP) is 2.85. The smallest absolute Gasteiger partial charge is 0.339 e. The summed E-state index contributed by atoms with van der Waals surface area (Å²) in [5.74, 6) is -0.920. The lowest BCUT2D eigenvalue weighted by Crippen LogP contribution is -2.18. The largest absolute Gasteiger partial charge is 0.507 e. The maximum Gasteiger partial charge on any atom is 0.339 e. The van der Waals surface area contributed by atoms with Gasteiger partial charge in [-0.05, 0) is 73.6 Å². The summed E-state index contributed by atoms with van der Waals surface area (Å²) in [6.45, 7) is 0. The number of carbonyl (C=O) groups is 1. The number of hydrogen-bond donors (Lipinski definition) is 2. The lowest BCUT2D eigenvalue weighted by Gasteiger charge is -2.28. The van der Waals surface area contributed by atoms with E-state index in [4.69, 9.17) is 0 Å². The summed E-state index contributed by atoms with van der Waals surface area (Å²) in [5, 5.41) is 19.6. The molecule has 0 unspecified atom stereocenters. The Balaban J connectivity index is 2.30. The Kier molecular flexibility index (Phi) is 2.77. The van der Waals surface area contributed by atoms with Crippen LogP contribution in [0.3, 0.4) is 0 Å². The molecule has 0 heterocycles. The summed E-state index contributed by atoms with van der Waals surface area (Å²) >= 11 is 0. The van der Waals surface area contributed by atoms with Gasteiger partial charge in [-0.1, -0.05) is 0 Å². The van der Waals surface area contributed by atoms with Crippen LogP contribution in [-0.4, -0.2) is 16.2 Å². The van der Waals surface area contributed by atoms with Crippen molar-refractivity contribution in [3.63, 3.8) is 0 Å². The molecular weight excluding hydrogens is 228 g/mol. The number of fused-ring (bicyclic) bond motifs is 3. The minimum atomic E-state index is -0.973. The average Bonchev–Trinajstić information content (AvgIpc) is 2.39. The van der Waals surface area contributed by atoms with Gasteiger partial charge in [0.15, 0.2) is 0 Å². The monoisotopic (exact) mass is 246 g/mol. The Morgan fingerprint density at radius 3 is 1.78 bits per heavy atom. The van der Waals surface area contributed by atoms with E-state index in [1.807, 2.05) is 0 Å². The van der Waals surface area contributed by atoms with Gasteiger partial charge in [0, 0.05) is 0 Å². The number of phenols is 1. The van der Waals surface area contributed by atoms with Crippen molar-refractivity contribution in [2.24, 2.45) is 0 Å².